The van der Waals surface area contributed by atoms with Gasteiger partial charge in [-0.05, 0) is 12.1 Å². The summed E-state index contributed by atoms with van der Waals surface area (Å²) >= 11 is 0. The van der Waals surface area contributed by atoms with E-state index < -0.39 is 5.97 Å². The maximum atomic E-state index is 10.7. The molecule has 0 spiro atoms. The molecular formula is C10H13NO2. The molecule has 1 aromatic heterocycles. The quantitative estimate of drug-likeness (QED) is 0.718. The Hall–Kier alpha value is -1.38. The Bertz CT molecular complexity index is 326. The van der Waals surface area contributed by atoms with E-state index in [0.29, 0.717) is 5.56 Å². The van der Waals surface area contributed by atoms with E-state index in [1.165, 1.54) is 12.3 Å². The van der Waals surface area contributed by atoms with Crippen molar-refractivity contribution in [3.05, 3.63) is 29.6 Å². The van der Waals surface area contributed by atoms with Crippen LogP contribution in [-0.2, 0) is 5.41 Å². The molecular weight excluding hydrogens is 166 g/mol. The third-order valence-electron chi connectivity index (χ3n) is 1.78. The van der Waals surface area contributed by atoms with Gasteiger partial charge < -0.3 is 5.11 Å². The van der Waals surface area contributed by atoms with Crippen LogP contribution >= 0.6 is 0 Å². The molecule has 0 aliphatic carbocycles. The Kier molecular flexibility index (Phi) is 2.36. The van der Waals surface area contributed by atoms with Crippen LogP contribution in [0.15, 0.2) is 18.3 Å². The van der Waals surface area contributed by atoms with Crippen molar-refractivity contribution < 1.29 is 9.90 Å². The third kappa shape index (κ3) is 2.28. The summed E-state index contributed by atoms with van der Waals surface area (Å²) in [6, 6.07) is 3.11. The van der Waals surface area contributed by atoms with Crippen molar-refractivity contribution in [2.24, 2.45) is 0 Å². The Morgan fingerprint density at radius 2 is 2.08 bits per heavy atom. The molecule has 3 heteroatoms. The molecule has 0 radical (unpaired) electrons. The van der Waals surface area contributed by atoms with Gasteiger partial charge in [0.2, 0.25) is 0 Å². The number of aromatic nitrogens is 1. The van der Waals surface area contributed by atoms with E-state index in [1.807, 2.05) is 20.8 Å². The average Bonchev–Trinajstić information content (AvgIpc) is 2.03. The summed E-state index contributed by atoms with van der Waals surface area (Å²) in [6.07, 6.45) is 1.53. The van der Waals surface area contributed by atoms with E-state index in [2.05, 4.69) is 4.98 Å². The van der Waals surface area contributed by atoms with Gasteiger partial charge in [0.1, 0.15) is 0 Å². The number of nitrogens with zero attached hydrogens (tertiary/aromatic N) is 1. The highest BCUT2D eigenvalue weighted by molar-refractivity contribution is 5.87. The van der Waals surface area contributed by atoms with E-state index in [1.54, 1.807) is 6.07 Å². The highest BCUT2D eigenvalue weighted by atomic mass is 16.4. The molecule has 0 aliphatic heterocycles. The second-order valence-electron chi connectivity index (χ2n) is 3.98. The lowest BCUT2D eigenvalue weighted by molar-refractivity contribution is 0.0696. The minimum Gasteiger partial charge on any atom is -0.478 e. The zero-order chi connectivity index (χ0) is 10.1. The number of pyridine rings is 1. The van der Waals surface area contributed by atoms with Crippen LogP contribution in [0.2, 0.25) is 0 Å². The lowest BCUT2D eigenvalue weighted by Gasteiger charge is -2.17. The lowest BCUT2D eigenvalue weighted by atomic mass is 9.91. The zero-order valence-corrected chi connectivity index (χ0v) is 8.03. The maximum Gasteiger partial charge on any atom is 0.335 e. The average molecular weight is 179 g/mol. The number of rotatable bonds is 1. The number of carboxylic acid groups (broad SMARTS) is 1. The molecule has 13 heavy (non-hydrogen) atoms. The summed E-state index contributed by atoms with van der Waals surface area (Å²) < 4.78 is 0. The number of hydrogen-bond donors (Lipinski definition) is 1. The Balaban J connectivity index is 3.13. The summed E-state index contributed by atoms with van der Waals surface area (Å²) in [5.74, 6) is -0.909. The van der Waals surface area contributed by atoms with Gasteiger partial charge in [-0.3, -0.25) is 4.98 Å². The predicted molar refractivity (Wildman–Crippen MR) is 49.9 cm³/mol. The fourth-order valence-corrected chi connectivity index (χ4v) is 0.974. The maximum absolute atomic E-state index is 10.7. The molecule has 0 fully saturated rings. The summed E-state index contributed by atoms with van der Waals surface area (Å²) in [5.41, 5.74) is 0.984. The fourth-order valence-electron chi connectivity index (χ4n) is 0.974. The van der Waals surface area contributed by atoms with Crippen molar-refractivity contribution in [3.8, 4) is 0 Å². The van der Waals surface area contributed by atoms with E-state index in [9.17, 15) is 4.79 Å². The van der Waals surface area contributed by atoms with E-state index in [0.717, 1.165) is 5.69 Å². The molecule has 1 heterocycles. The van der Waals surface area contributed by atoms with Gasteiger partial charge in [-0.15, -0.1) is 0 Å². The van der Waals surface area contributed by atoms with Crippen molar-refractivity contribution in [1.29, 1.82) is 0 Å². The van der Waals surface area contributed by atoms with E-state index in [-0.39, 0.29) is 5.41 Å². The summed E-state index contributed by atoms with van der Waals surface area (Å²) in [7, 11) is 0. The smallest absolute Gasteiger partial charge is 0.335 e. The van der Waals surface area contributed by atoms with Crippen molar-refractivity contribution in [2.75, 3.05) is 0 Å². The highest BCUT2D eigenvalue weighted by Gasteiger charge is 2.16. The Morgan fingerprint density at radius 3 is 2.54 bits per heavy atom. The predicted octanol–water partition coefficient (Wildman–Crippen LogP) is 2.08. The molecule has 1 rings (SSSR count). The summed E-state index contributed by atoms with van der Waals surface area (Å²) in [5, 5.41) is 8.75. The SMILES string of the molecule is CC(C)(C)c1cc(C(=O)O)ccn1. The topological polar surface area (TPSA) is 50.2 Å². The lowest BCUT2D eigenvalue weighted by Crippen LogP contribution is -2.14. The number of carboxylic acids is 1. The first-order chi connectivity index (χ1) is 5.91. The first kappa shape index (κ1) is 9.71. The van der Waals surface area contributed by atoms with Gasteiger partial charge in [0.25, 0.3) is 0 Å². The van der Waals surface area contributed by atoms with Crippen LogP contribution in [0.4, 0.5) is 0 Å². The molecule has 0 amide bonds. The van der Waals surface area contributed by atoms with Crippen LogP contribution in [0.25, 0.3) is 0 Å². The van der Waals surface area contributed by atoms with Crippen molar-refractivity contribution >= 4 is 5.97 Å². The van der Waals surface area contributed by atoms with Crippen LogP contribution in [0.1, 0.15) is 36.8 Å². The molecule has 0 aromatic carbocycles. The third-order valence-corrected chi connectivity index (χ3v) is 1.78. The van der Waals surface area contributed by atoms with Gasteiger partial charge in [-0.1, -0.05) is 20.8 Å². The molecule has 0 bridgehead atoms. The molecule has 1 N–H and O–H groups in total. The molecule has 0 saturated heterocycles. The Morgan fingerprint density at radius 1 is 1.46 bits per heavy atom. The van der Waals surface area contributed by atoms with Gasteiger partial charge in [0.15, 0.2) is 0 Å². The van der Waals surface area contributed by atoms with Crippen LogP contribution in [-0.4, -0.2) is 16.1 Å². The van der Waals surface area contributed by atoms with E-state index in [4.69, 9.17) is 5.11 Å². The van der Waals surface area contributed by atoms with Gasteiger partial charge in [0.05, 0.1) is 5.56 Å². The summed E-state index contributed by atoms with van der Waals surface area (Å²) in [6.45, 7) is 6.00. The molecule has 1 aromatic rings. The molecule has 0 unspecified atom stereocenters. The van der Waals surface area contributed by atoms with Crippen LogP contribution in [0, 0.1) is 0 Å². The van der Waals surface area contributed by atoms with Crippen LogP contribution < -0.4 is 0 Å². The first-order valence-corrected chi connectivity index (χ1v) is 4.11. The molecule has 0 atom stereocenters. The highest BCUT2D eigenvalue weighted by Crippen LogP contribution is 2.20. The number of aromatic carboxylic acids is 1. The second-order valence-corrected chi connectivity index (χ2v) is 3.98. The standard InChI is InChI=1S/C10H13NO2/c1-10(2,3)8-6-7(9(12)13)4-5-11-8/h4-6H,1-3H3,(H,12,13). The van der Waals surface area contributed by atoms with Crippen molar-refractivity contribution in [1.82, 2.24) is 4.98 Å². The molecule has 0 saturated carbocycles. The monoisotopic (exact) mass is 179 g/mol. The zero-order valence-electron chi connectivity index (χ0n) is 8.03. The Labute approximate surface area is 77.4 Å². The fraction of sp³-hybridized carbons (Fsp3) is 0.400. The van der Waals surface area contributed by atoms with E-state index >= 15 is 0 Å². The van der Waals surface area contributed by atoms with Crippen molar-refractivity contribution in [2.45, 2.75) is 26.2 Å². The summed E-state index contributed by atoms with van der Waals surface area (Å²) in [4.78, 5) is 14.8. The molecule has 70 valence electrons. The van der Waals surface area contributed by atoms with Crippen LogP contribution in [0.5, 0.6) is 0 Å². The first-order valence-electron chi connectivity index (χ1n) is 4.11. The van der Waals surface area contributed by atoms with Gasteiger partial charge in [0, 0.05) is 17.3 Å². The minimum absolute atomic E-state index is 0.106. The molecule has 3 nitrogen and oxygen atoms in total. The molecule has 0 aliphatic rings. The number of hydrogen-bond acceptors (Lipinski definition) is 2. The normalized spacial score (nSPS) is 11.3. The largest absolute Gasteiger partial charge is 0.478 e. The van der Waals surface area contributed by atoms with Crippen LogP contribution in [0.3, 0.4) is 0 Å². The van der Waals surface area contributed by atoms with Gasteiger partial charge in [-0.25, -0.2) is 4.79 Å². The van der Waals surface area contributed by atoms with Crippen molar-refractivity contribution in [3.63, 3.8) is 0 Å². The van der Waals surface area contributed by atoms with Gasteiger partial charge >= 0.3 is 5.97 Å². The number of carbonyl (C=O) groups is 1. The minimum atomic E-state index is -0.909. The second kappa shape index (κ2) is 3.17. The van der Waals surface area contributed by atoms with Gasteiger partial charge in [-0.2, -0.15) is 0 Å².